The minimum atomic E-state index is -0.913. The van der Waals surface area contributed by atoms with E-state index in [1.54, 1.807) is 13.8 Å². The van der Waals surface area contributed by atoms with Crippen LogP contribution in [0.25, 0.3) is 0 Å². The first-order valence-corrected chi connectivity index (χ1v) is 7.89. The summed E-state index contributed by atoms with van der Waals surface area (Å²) in [6.07, 6.45) is -0.0861. The maximum atomic E-state index is 12.7. The molecule has 2 N–H and O–H groups in total. The second-order valence-electron chi connectivity index (χ2n) is 8.42. The van der Waals surface area contributed by atoms with E-state index in [9.17, 15) is 14.4 Å². The number of amides is 1. The highest BCUT2D eigenvalue weighted by Crippen LogP contribution is 3.10. The lowest BCUT2D eigenvalue weighted by atomic mass is 8.92. The molecular formula is C16H19NO5. The van der Waals surface area contributed by atoms with Gasteiger partial charge in [0.15, 0.2) is 0 Å². The largest absolute Gasteiger partial charge is 0.481 e. The van der Waals surface area contributed by atoms with Gasteiger partial charge in [-0.1, -0.05) is 0 Å². The zero-order valence-corrected chi connectivity index (χ0v) is 12.8. The average Bonchev–Trinajstić information content (AvgIpc) is 2.43. The Morgan fingerprint density at radius 3 is 1.91 bits per heavy atom. The molecule has 6 fully saturated rings. The second kappa shape index (κ2) is 3.05. The number of methoxy groups -OCH3 is 1. The quantitative estimate of drug-likeness (QED) is 0.711. The lowest BCUT2D eigenvalue weighted by molar-refractivity contribution is -0.626. The molecule has 6 saturated carbocycles. The van der Waals surface area contributed by atoms with Gasteiger partial charge in [0.2, 0.25) is 5.91 Å². The molecule has 6 heteroatoms. The number of ether oxygens (including phenoxy) is 1. The van der Waals surface area contributed by atoms with Gasteiger partial charge in [-0.25, -0.2) is 0 Å². The lowest BCUT2D eigenvalue weighted by Crippen LogP contribution is -3.12. The number of hydrogen-bond donors (Lipinski definition) is 2. The van der Waals surface area contributed by atoms with E-state index in [-0.39, 0.29) is 29.1 Å². The van der Waals surface area contributed by atoms with Crippen molar-refractivity contribution >= 4 is 17.8 Å². The molecule has 0 bridgehead atoms. The topological polar surface area (TPSA) is 92.7 Å². The molecule has 6 aliphatic carbocycles. The number of carbonyl (C=O) groups excluding carboxylic acids is 2. The van der Waals surface area contributed by atoms with Gasteiger partial charge in [0, 0.05) is 5.54 Å². The summed E-state index contributed by atoms with van der Waals surface area (Å²) in [5.41, 5.74) is -1.24. The van der Waals surface area contributed by atoms with Crippen molar-refractivity contribution in [2.45, 2.75) is 25.8 Å². The van der Waals surface area contributed by atoms with Crippen molar-refractivity contribution in [3.05, 3.63) is 0 Å². The normalized spacial score (nSPS) is 53.6. The Morgan fingerprint density at radius 2 is 1.50 bits per heavy atom. The molecule has 0 aromatic rings. The van der Waals surface area contributed by atoms with Crippen LogP contribution in [0.2, 0.25) is 0 Å². The summed E-state index contributed by atoms with van der Waals surface area (Å²) in [6.45, 7) is 3.49. The zero-order chi connectivity index (χ0) is 15.8. The van der Waals surface area contributed by atoms with E-state index < -0.39 is 11.5 Å². The SMILES string of the molecule is COC(=O)C12C3C4C1C1C2C3C41C(=O)NC(C)(C)CC(=O)O. The van der Waals surface area contributed by atoms with Crippen molar-refractivity contribution < 1.29 is 24.2 Å². The molecule has 118 valence electrons. The highest BCUT2D eigenvalue weighted by Gasteiger charge is 3.13. The van der Waals surface area contributed by atoms with Gasteiger partial charge >= 0.3 is 11.9 Å². The number of hydrogen-bond acceptors (Lipinski definition) is 4. The minimum absolute atomic E-state index is 0.0145. The third-order valence-electron chi connectivity index (χ3n) is 7.61. The van der Waals surface area contributed by atoms with E-state index in [0.717, 1.165) is 0 Å². The summed E-state index contributed by atoms with van der Waals surface area (Å²) < 4.78 is 4.97. The molecule has 0 heterocycles. The van der Waals surface area contributed by atoms with Crippen LogP contribution in [0.1, 0.15) is 20.3 Å². The van der Waals surface area contributed by atoms with Crippen LogP contribution in [-0.4, -0.2) is 35.6 Å². The summed E-state index contributed by atoms with van der Waals surface area (Å²) in [5, 5.41) is 11.9. The van der Waals surface area contributed by atoms with Crippen molar-refractivity contribution in [2.75, 3.05) is 7.11 Å². The molecular weight excluding hydrogens is 286 g/mol. The van der Waals surface area contributed by atoms with Crippen LogP contribution in [-0.2, 0) is 19.1 Å². The zero-order valence-electron chi connectivity index (χ0n) is 12.8. The van der Waals surface area contributed by atoms with E-state index in [0.29, 0.717) is 35.5 Å². The molecule has 6 nitrogen and oxygen atoms in total. The van der Waals surface area contributed by atoms with Gasteiger partial charge in [-0.15, -0.1) is 0 Å². The van der Waals surface area contributed by atoms with E-state index >= 15 is 0 Å². The molecule has 6 rings (SSSR count). The van der Waals surface area contributed by atoms with Gasteiger partial charge < -0.3 is 15.2 Å². The van der Waals surface area contributed by atoms with Crippen LogP contribution in [0, 0.1) is 46.3 Å². The Morgan fingerprint density at radius 1 is 1.05 bits per heavy atom. The summed E-state index contributed by atoms with van der Waals surface area (Å²) in [5.74, 6) is 1.11. The predicted molar refractivity (Wildman–Crippen MR) is 72.3 cm³/mol. The van der Waals surface area contributed by atoms with Crippen LogP contribution in [0.4, 0.5) is 0 Å². The molecule has 1 amide bonds. The van der Waals surface area contributed by atoms with Gasteiger partial charge in [-0.05, 0) is 49.4 Å². The smallest absolute Gasteiger partial charge is 0.312 e. The van der Waals surface area contributed by atoms with Crippen LogP contribution in [0.15, 0.2) is 0 Å². The van der Waals surface area contributed by atoms with E-state index in [4.69, 9.17) is 9.84 Å². The fourth-order valence-electron chi connectivity index (χ4n) is 7.40. The molecule has 0 aromatic heterocycles. The third-order valence-corrected chi connectivity index (χ3v) is 7.61. The van der Waals surface area contributed by atoms with Crippen molar-refractivity contribution in [1.82, 2.24) is 5.32 Å². The Bertz CT molecular complexity index is 612. The number of nitrogens with one attached hydrogen (secondary N) is 1. The van der Waals surface area contributed by atoms with Crippen molar-refractivity contribution in [1.29, 1.82) is 0 Å². The van der Waals surface area contributed by atoms with Gasteiger partial charge in [0.05, 0.1) is 24.4 Å². The Balaban J connectivity index is 1.34. The average molecular weight is 305 g/mol. The van der Waals surface area contributed by atoms with E-state index in [2.05, 4.69) is 5.32 Å². The number of carboxylic acid groups (broad SMARTS) is 1. The Kier molecular flexibility index (Phi) is 1.79. The first-order chi connectivity index (χ1) is 10.3. The molecule has 0 saturated heterocycles. The van der Waals surface area contributed by atoms with Crippen LogP contribution in [0.5, 0.6) is 0 Å². The van der Waals surface area contributed by atoms with Gasteiger partial charge in [0.25, 0.3) is 0 Å². The van der Waals surface area contributed by atoms with E-state index in [1.165, 1.54) is 7.11 Å². The van der Waals surface area contributed by atoms with Crippen LogP contribution >= 0.6 is 0 Å². The highest BCUT2D eigenvalue weighted by molar-refractivity contribution is 5.99. The molecule has 6 aliphatic rings. The summed E-state index contributed by atoms with van der Waals surface area (Å²) >= 11 is 0. The number of carboxylic acids is 1. The fraction of sp³-hybridized carbons (Fsp3) is 0.812. The maximum absolute atomic E-state index is 12.7. The third kappa shape index (κ3) is 0.822. The highest BCUT2D eigenvalue weighted by atomic mass is 16.5. The van der Waals surface area contributed by atoms with E-state index in [1.807, 2.05) is 0 Å². The number of rotatable bonds is 5. The predicted octanol–water partition coefficient (Wildman–Crippen LogP) is 0.267. The number of aliphatic carboxylic acids is 1. The molecule has 0 aromatic carbocycles. The van der Waals surface area contributed by atoms with Gasteiger partial charge in [-0.2, -0.15) is 0 Å². The van der Waals surface area contributed by atoms with Gasteiger partial charge in [0.1, 0.15) is 0 Å². The van der Waals surface area contributed by atoms with Crippen LogP contribution < -0.4 is 5.32 Å². The molecule has 0 spiro atoms. The molecule has 0 unspecified atom stereocenters. The fourth-order valence-corrected chi connectivity index (χ4v) is 7.40. The van der Waals surface area contributed by atoms with Crippen molar-refractivity contribution in [3.8, 4) is 0 Å². The first-order valence-electron chi connectivity index (χ1n) is 7.89. The Hall–Kier alpha value is -1.59. The van der Waals surface area contributed by atoms with Crippen molar-refractivity contribution in [3.63, 3.8) is 0 Å². The molecule has 0 atom stereocenters. The first kappa shape index (κ1) is 12.9. The standard InChI is InChI=1S/C16H19NO5/c1-14(2,4-5(18)19)17-12(20)15-6-9-7(15)11-8(15)10(6)16(9,11)13(21)22-3/h6-11H,4H2,1-3H3,(H,17,20)(H,18,19). The molecule has 0 aliphatic heterocycles. The van der Waals surface area contributed by atoms with Crippen LogP contribution in [0.3, 0.4) is 0 Å². The Labute approximate surface area is 127 Å². The minimum Gasteiger partial charge on any atom is -0.481 e. The maximum Gasteiger partial charge on any atom is 0.312 e. The summed E-state index contributed by atoms with van der Waals surface area (Å²) in [7, 11) is 1.45. The van der Waals surface area contributed by atoms with Gasteiger partial charge in [-0.3, -0.25) is 14.4 Å². The summed E-state index contributed by atoms with van der Waals surface area (Å²) in [4.78, 5) is 35.7. The monoisotopic (exact) mass is 305 g/mol. The van der Waals surface area contributed by atoms with Crippen molar-refractivity contribution in [2.24, 2.45) is 46.3 Å². The summed E-state index contributed by atoms with van der Waals surface area (Å²) in [6, 6.07) is 0. The number of carbonyl (C=O) groups is 3. The molecule has 0 radical (unpaired) electrons. The second-order valence-corrected chi connectivity index (χ2v) is 8.42. The number of esters is 1. The molecule has 22 heavy (non-hydrogen) atoms. The lowest BCUT2D eigenvalue weighted by Gasteiger charge is -3.09.